The second-order valence-electron chi connectivity index (χ2n) is 6.61. The van der Waals surface area contributed by atoms with Gasteiger partial charge in [0.2, 0.25) is 0 Å². The first-order chi connectivity index (χ1) is 14.3. The number of pyridine rings is 1. The van der Waals surface area contributed by atoms with Gasteiger partial charge in [0.1, 0.15) is 29.6 Å². The van der Waals surface area contributed by atoms with Gasteiger partial charge in [0.15, 0.2) is 0 Å². The first kappa shape index (κ1) is 20.6. The first-order valence-electron chi connectivity index (χ1n) is 9.13. The van der Waals surface area contributed by atoms with Crippen molar-refractivity contribution < 1.29 is 9.13 Å². The van der Waals surface area contributed by atoms with Crippen molar-refractivity contribution in [2.24, 2.45) is 0 Å². The normalized spacial score (nSPS) is 11.4. The van der Waals surface area contributed by atoms with Crippen molar-refractivity contribution >= 4 is 22.9 Å². The molecule has 0 saturated carbocycles. The van der Waals surface area contributed by atoms with Gasteiger partial charge in [0.05, 0.1) is 28.2 Å². The molecule has 1 unspecified atom stereocenters. The number of hydrogen-bond acceptors (Lipinski definition) is 7. The fraction of sp³-hybridized carbons (Fsp3) is 0.136. The molecular weight excluding hydrogens is 383 g/mol. The molecule has 3 aromatic rings. The molecule has 0 saturated heterocycles. The number of rotatable bonds is 6. The Morgan fingerprint density at radius 2 is 1.93 bits per heavy atom. The molecule has 0 aliphatic heterocycles. The van der Waals surface area contributed by atoms with Crippen LogP contribution in [0.2, 0.25) is 0 Å². The average Bonchev–Trinajstić information content (AvgIpc) is 2.74. The van der Waals surface area contributed by atoms with Gasteiger partial charge < -0.3 is 21.5 Å². The van der Waals surface area contributed by atoms with Crippen LogP contribution in [0.1, 0.15) is 35.3 Å². The smallest absolute Gasteiger partial charge is 0.143 e. The highest BCUT2D eigenvalue weighted by Crippen LogP contribution is 2.32. The van der Waals surface area contributed by atoms with Crippen LogP contribution in [0, 0.1) is 22.6 Å². The van der Waals surface area contributed by atoms with Crippen molar-refractivity contribution in [2.75, 3.05) is 23.8 Å². The average molecular weight is 404 g/mol. The standard InChI is InChI=1S/C22H21FN6O/c1-12(13-3-6-16(23)7-4-13)30-18-9-14(5-8-17(18)25)20(26)19-21(28-2)15(10-24)11-29-22(19)27/h3-9,11-12,26H,25H2,1-2H3,(H3,27,28,29). The van der Waals surface area contributed by atoms with Crippen LogP contribution < -0.4 is 21.5 Å². The summed E-state index contributed by atoms with van der Waals surface area (Å²) in [6.45, 7) is 1.82. The van der Waals surface area contributed by atoms with E-state index in [2.05, 4.69) is 10.3 Å². The third-order valence-electron chi connectivity index (χ3n) is 4.67. The third kappa shape index (κ3) is 4.00. The summed E-state index contributed by atoms with van der Waals surface area (Å²) in [6.07, 6.45) is 0.971. The van der Waals surface area contributed by atoms with Crippen LogP contribution in [0.15, 0.2) is 48.7 Å². The van der Waals surface area contributed by atoms with E-state index in [0.717, 1.165) is 5.56 Å². The molecule has 8 heteroatoms. The molecule has 0 bridgehead atoms. The minimum absolute atomic E-state index is 0.0701. The van der Waals surface area contributed by atoms with Crippen LogP contribution in [0.25, 0.3) is 0 Å². The molecule has 1 atom stereocenters. The summed E-state index contributed by atoms with van der Waals surface area (Å²) < 4.78 is 19.1. The van der Waals surface area contributed by atoms with Gasteiger partial charge >= 0.3 is 0 Å². The summed E-state index contributed by atoms with van der Waals surface area (Å²) in [6, 6.07) is 13.0. The van der Waals surface area contributed by atoms with Gasteiger partial charge in [0.25, 0.3) is 0 Å². The Morgan fingerprint density at radius 3 is 2.57 bits per heavy atom. The van der Waals surface area contributed by atoms with Crippen LogP contribution in [-0.4, -0.2) is 17.7 Å². The van der Waals surface area contributed by atoms with Crippen LogP contribution in [-0.2, 0) is 0 Å². The number of aromatic nitrogens is 1. The molecule has 30 heavy (non-hydrogen) atoms. The van der Waals surface area contributed by atoms with Crippen molar-refractivity contribution in [3.63, 3.8) is 0 Å². The molecular formula is C22H21FN6O. The quantitative estimate of drug-likeness (QED) is 0.364. The number of nitrogens with two attached hydrogens (primary N) is 2. The van der Waals surface area contributed by atoms with E-state index in [1.165, 1.54) is 18.3 Å². The molecule has 6 N–H and O–H groups in total. The number of hydrogen-bond donors (Lipinski definition) is 4. The summed E-state index contributed by atoms with van der Waals surface area (Å²) in [7, 11) is 1.65. The number of nitrogens with one attached hydrogen (secondary N) is 2. The second kappa shape index (κ2) is 8.49. The maximum absolute atomic E-state index is 13.2. The Kier molecular flexibility index (Phi) is 5.83. The molecule has 0 amide bonds. The lowest BCUT2D eigenvalue weighted by molar-refractivity contribution is 0.228. The first-order valence-corrected chi connectivity index (χ1v) is 9.13. The van der Waals surface area contributed by atoms with E-state index in [-0.39, 0.29) is 29.0 Å². The highest BCUT2D eigenvalue weighted by atomic mass is 19.1. The van der Waals surface area contributed by atoms with E-state index in [1.54, 1.807) is 37.4 Å². The molecule has 1 heterocycles. The molecule has 152 valence electrons. The van der Waals surface area contributed by atoms with E-state index >= 15 is 0 Å². The van der Waals surface area contributed by atoms with E-state index < -0.39 is 0 Å². The molecule has 2 aromatic carbocycles. The Labute approximate surface area is 173 Å². The van der Waals surface area contributed by atoms with Crippen LogP contribution in [0.4, 0.5) is 21.6 Å². The minimum Gasteiger partial charge on any atom is -0.484 e. The summed E-state index contributed by atoms with van der Waals surface area (Å²) >= 11 is 0. The van der Waals surface area contributed by atoms with Gasteiger partial charge in [0, 0.05) is 18.8 Å². The lowest BCUT2D eigenvalue weighted by Crippen LogP contribution is -2.13. The third-order valence-corrected chi connectivity index (χ3v) is 4.67. The molecule has 0 radical (unpaired) electrons. The van der Waals surface area contributed by atoms with E-state index in [9.17, 15) is 9.65 Å². The zero-order valence-electron chi connectivity index (χ0n) is 16.5. The molecule has 0 fully saturated rings. The maximum atomic E-state index is 13.2. The molecule has 7 nitrogen and oxygen atoms in total. The highest BCUT2D eigenvalue weighted by molar-refractivity contribution is 6.17. The van der Waals surface area contributed by atoms with E-state index in [0.29, 0.717) is 28.3 Å². The van der Waals surface area contributed by atoms with E-state index in [4.69, 9.17) is 21.6 Å². The summed E-state index contributed by atoms with van der Waals surface area (Å²) in [5.41, 5.74) is 14.8. The summed E-state index contributed by atoms with van der Waals surface area (Å²) in [5, 5.41) is 20.9. The zero-order valence-corrected chi connectivity index (χ0v) is 16.5. The maximum Gasteiger partial charge on any atom is 0.143 e. The Bertz CT molecular complexity index is 1140. The number of halogens is 1. The number of nitrogens with zero attached hydrogens (tertiary/aromatic N) is 2. The van der Waals surface area contributed by atoms with E-state index in [1.807, 2.05) is 13.0 Å². The zero-order chi connectivity index (χ0) is 21.8. The Hall–Kier alpha value is -4.12. The molecule has 0 aliphatic carbocycles. The summed E-state index contributed by atoms with van der Waals surface area (Å²) in [5.74, 6) is 0.178. The summed E-state index contributed by atoms with van der Waals surface area (Å²) in [4.78, 5) is 4.03. The van der Waals surface area contributed by atoms with Crippen LogP contribution in [0.5, 0.6) is 5.75 Å². The number of nitrogen functional groups attached to an aromatic ring is 2. The van der Waals surface area contributed by atoms with Gasteiger partial charge in [-0.2, -0.15) is 5.26 Å². The Morgan fingerprint density at radius 1 is 1.23 bits per heavy atom. The molecule has 0 aliphatic rings. The molecule has 0 spiro atoms. The van der Waals surface area contributed by atoms with Crippen molar-refractivity contribution in [3.05, 3.63) is 76.7 Å². The predicted molar refractivity (Wildman–Crippen MR) is 115 cm³/mol. The van der Waals surface area contributed by atoms with Crippen LogP contribution in [0.3, 0.4) is 0 Å². The minimum atomic E-state index is -0.390. The second-order valence-corrected chi connectivity index (χ2v) is 6.61. The Balaban J connectivity index is 1.97. The highest BCUT2D eigenvalue weighted by Gasteiger charge is 2.19. The van der Waals surface area contributed by atoms with Crippen molar-refractivity contribution in [2.45, 2.75) is 13.0 Å². The fourth-order valence-electron chi connectivity index (χ4n) is 3.05. The van der Waals surface area contributed by atoms with Gasteiger partial charge in [-0.15, -0.1) is 0 Å². The predicted octanol–water partition coefficient (Wildman–Crippen LogP) is 3.85. The van der Waals surface area contributed by atoms with Crippen molar-refractivity contribution in [1.29, 1.82) is 10.7 Å². The number of anilines is 3. The number of ether oxygens (including phenoxy) is 1. The van der Waals surface area contributed by atoms with Crippen molar-refractivity contribution in [3.8, 4) is 11.8 Å². The van der Waals surface area contributed by atoms with Gasteiger partial charge in [-0.25, -0.2) is 9.37 Å². The van der Waals surface area contributed by atoms with Crippen LogP contribution >= 0.6 is 0 Å². The monoisotopic (exact) mass is 404 g/mol. The van der Waals surface area contributed by atoms with Crippen molar-refractivity contribution in [1.82, 2.24) is 4.98 Å². The lowest BCUT2D eigenvalue weighted by Gasteiger charge is -2.18. The molecule has 3 rings (SSSR count). The largest absolute Gasteiger partial charge is 0.484 e. The van der Waals surface area contributed by atoms with Gasteiger partial charge in [-0.05, 0) is 36.8 Å². The number of benzene rings is 2. The van der Waals surface area contributed by atoms with Gasteiger partial charge in [-0.3, -0.25) is 5.41 Å². The fourth-order valence-corrected chi connectivity index (χ4v) is 3.05. The van der Waals surface area contributed by atoms with Gasteiger partial charge in [-0.1, -0.05) is 18.2 Å². The topological polar surface area (TPSA) is 134 Å². The molecule has 1 aromatic heterocycles. The SMILES string of the molecule is CNc1c(C#N)cnc(N)c1C(=N)c1ccc(N)c(OC(C)c2ccc(F)cc2)c1. The number of nitriles is 1. The lowest BCUT2D eigenvalue weighted by atomic mass is 9.99.